The summed E-state index contributed by atoms with van der Waals surface area (Å²) in [5.74, 6) is 0. The summed E-state index contributed by atoms with van der Waals surface area (Å²) in [7, 11) is -1.74. The molecule has 1 rings (SSSR count). The largest absolute Gasteiger partial charge is 0.415 e. The Morgan fingerprint density at radius 2 is 1.80 bits per heavy atom. The summed E-state index contributed by atoms with van der Waals surface area (Å²) in [6.07, 6.45) is 0. The number of aliphatic hydroxyl groups is 1. The molecule has 2 N–H and O–H groups in total. The van der Waals surface area contributed by atoms with E-state index in [1.54, 1.807) is 0 Å². The molecule has 0 aromatic heterocycles. The molecule has 0 amide bonds. The fourth-order valence-electron chi connectivity index (χ4n) is 1.56. The quantitative estimate of drug-likeness (QED) is 0.759. The highest BCUT2D eigenvalue weighted by atomic mass is 28.4. The highest BCUT2D eigenvalue weighted by Gasteiger charge is 2.37. The zero-order valence-electron chi connectivity index (χ0n) is 13.4. The summed E-state index contributed by atoms with van der Waals surface area (Å²) in [4.78, 5) is 0. The van der Waals surface area contributed by atoms with Crippen LogP contribution in [0.2, 0.25) is 18.1 Å². The highest BCUT2D eigenvalue weighted by molar-refractivity contribution is 6.74. The number of hydrogen-bond acceptors (Lipinski definition) is 3. The standard InChI is InChI=1S/C16H29NO2Si/c1-16(2,3)20(4,5)19-13-15(12-18)17-11-14-9-7-6-8-10-14/h6-10,15,17-18H,11-13H2,1-5H3. The molecule has 0 radical (unpaired) electrons. The summed E-state index contributed by atoms with van der Waals surface area (Å²) in [5.41, 5.74) is 1.22. The number of benzene rings is 1. The van der Waals surface area contributed by atoms with Crippen LogP contribution in [0, 0.1) is 0 Å². The van der Waals surface area contributed by atoms with Crippen molar-refractivity contribution in [3.05, 3.63) is 35.9 Å². The first-order valence-electron chi connectivity index (χ1n) is 7.28. The lowest BCUT2D eigenvalue weighted by Gasteiger charge is -2.37. The summed E-state index contributed by atoms with van der Waals surface area (Å²) < 4.78 is 6.15. The SMILES string of the molecule is CC(C)(C)[Si](C)(C)OCC(CO)NCc1ccccc1. The molecule has 0 saturated heterocycles. The smallest absolute Gasteiger partial charge is 0.192 e. The molecule has 0 fully saturated rings. The second-order valence-corrected chi connectivity index (χ2v) is 11.6. The Morgan fingerprint density at radius 1 is 1.20 bits per heavy atom. The maximum atomic E-state index is 9.48. The van der Waals surface area contributed by atoms with Crippen molar-refractivity contribution in [2.24, 2.45) is 0 Å². The molecule has 0 heterocycles. The molecule has 1 unspecified atom stereocenters. The fourth-order valence-corrected chi connectivity index (χ4v) is 2.61. The second kappa shape index (κ2) is 7.36. The molecule has 0 spiro atoms. The van der Waals surface area contributed by atoms with Gasteiger partial charge in [-0.05, 0) is 23.7 Å². The Bertz CT molecular complexity index is 387. The van der Waals surface area contributed by atoms with Crippen LogP contribution in [0.5, 0.6) is 0 Å². The van der Waals surface area contributed by atoms with Gasteiger partial charge in [0.25, 0.3) is 0 Å². The van der Waals surface area contributed by atoms with Gasteiger partial charge in [0.2, 0.25) is 0 Å². The fraction of sp³-hybridized carbons (Fsp3) is 0.625. The first-order valence-corrected chi connectivity index (χ1v) is 10.2. The van der Waals surface area contributed by atoms with Gasteiger partial charge in [0.1, 0.15) is 0 Å². The molecule has 20 heavy (non-hydrogen) atoms. The number of nitrogens with one attached hydrogen (secondary N) is 1. The van der Waals surface area contributed by atoms with Gasteiger partial charge in [-0.25, -0.2) is 0 Å². The lowest BCUT2D eigenvalue weighted by Crippen LogP contribution is -2.46. The number of aliphatic hydroxyl groups excluding tert-OH is 1. The van der Waals surface area contributed by atoms with Crippen LogP contribution in [-0.2, 0) is 11.0 Å². The molecule has 0 aliphatic heterocycles. The molecular formula is C16H29NO2Si. The third kappa shape index (κ3) is 5.36. The van der Waals surface area contributed by atoms with E-state index >= 15 is 0 Å². The van der Waals surface area contributed by atoms with Crippen LogP contribution in [-0.4, -0.2) is 32.7 Å². The average molecular weight is 295 g/mol. The molecule has 0 aliphatic carbocycles. The van der Waals surface area contributed by atoms with Crippen LogP contribution in [0.15, 0.2) is 30.3 Å². The summed E-state index contributed by atoms with van der Waals surface area (Å²) in [6.45, 7) is 12.6. The Morgan fingerprint density at radius 3 is 2.30 bits per heavy atom. The first-order chi connectivity index (χ1) is 9.26. The van der Waals surface area contributed by atoms with Crippen molar-refractivity contribution in [3.63, 3.8) is 0 Å². The van der Waals surface area contributed by atoms with Crippen LogP contribution in [0.3, 0.4) is 0 Å². The lowest BCUT2D eigenvalue weighted by molar-refractivity contribution is 0.173. The van der Waals surface area contributed by atoms with Crippen molar-refractivity contribution >= 4 is 8.32 Å². The van der Waals surface area contributed by atoms with Gasteiger partial charge in [-0.1, -0.05) is 51.1 Å². The van der Waals surface area contributed by atoms with Crippen LogP contribution >= 0.6 is 0 Å². The van der Waals surface area contributed by atoms with E-state index < -0.39 is 8.32 Å². The van der Waals surface area contributed by atoms with Crippen LogP contribution in [0.25, 0.3) is 0 Å². The third-order valence-corrected chi connectivity index (χ3v) is 8.61. The molecule has 1 atom stereocenters. The van der Waals surface area contributed by atoms with Gasteiger partial charge in [0, 0.05) is 6.54 Å². The van der Waals surface area contributed by atoms with Gasteiger partial charge in [-0.2, -0.15) is 0 Å². The predicted octanol–water partition coefficient (Wildman–Crippen LogP) is 3.16. The lowest BCUT2D eigenvalue weighted by atomic mass is 10.2. The highest BCUT2D eigenvalue weighted by Crippen LogP contribution is 2.36. The molecule has 114 valence electrons. The number of rotatable bonds is 7. The van der Waals surface area contributed by atoms with E-state index in [2.05, 4.69) is 51.3 Å². The van der Waals surface area contributed by atoms with Gasteiger partial charge in [-0.15, -0.1) is 0 Å². The van der Waals surface area contributed by atoms with Crippen molar-refractivity contribution < 1.29 is 9.53 Å². The summed E-state index contributed by atoms with van der Waals surface area (Å²) in [6, 6.07) is 10.2. The van der Waals surface area contributed by atoms with Gasteiger partial charge in [0.15, 0.2) is 8.32 Å². The summed E-state index contributed by atoms with van der Waals surface area (Å²) >= 11 is 0. The maximum absolute atomic E-state index is 9.48. The number of hydrogen-bond donors (Lipinski definition) is 2. The zero-order valence-corrected chi connectivity index (χ0v) is 14.4. The monoisotopic (exact) mass is 295 g/mol. The van der Waals surface area contributed by atoms with E-state index in [-0.39, 0.29) is 17.7 Å². The maximum Gasteiger partial charge on any atom is 0.192 e. The van der Waals surface area contributed by atoms with Crippen LogP contribution in [0.4, 0.5) is 0 Å². The zero-order chi connectivity index (χ0) is 15.2. The summed E-state index contributed by atoms with van der Waals surface area (Å²) in [5, 5.41) is 13.0. The van der Waals surface area contributed by atoms with Gasteiger partial charge < -0.3 is 14.8 Å². The molecule has 1 aromatic carbocycles. The van der Waals surface area contributed by atoms with Crippen molar-refractivity contribution in [2.75, 3.05) is 13.2 Å². The Labute approximate surface area is 124 Å². The van der Waals surface area contributed by atoms with Gasteiger partial charge in [0.05, 0.1) is 19.3 Å². The van der Waals surface area contributed by atoms with Crippen molar-refractivity contribution in [3.8, 4) is 0 Å². The topological polar surface area (TPSA) is 41.5 Å². The normalized spacial score (nSPS) is 14.3. The minimum Gasteiger partial charge on any atom is -0.415 e. The predicted molar refractivity (Wildman–Crippen MR) is 87.3 cm³/mol. The third-order valence-electron chi connectivity index (χ3n) is 4.11. The van der Waals surface area contributed by atoms with E-state index in [0.717, 1.165) is 6.54 Å². The molecule has 3 nitrogen and oxygen atoms in total. The Kier molecular flexibility index (Phi) is 6.39. The van der Waals surface area contributed by atoms with E-state index in [1.807, 2.05) is 18.2 Å². The van der Waals surface area contributed by atoms with Crippen molar-refractivity contribution in [2.45, 2.75) is 51.5 Å². The first kappa shape index (κ1) is 17.4. The average Bonchev–Trinajstić information content (AvgIpc) is 2.39. The Hall–Kier alpha value is -0.683. The molecule has 4 heteroatoms. The van der Waals surface area contributed by atoms with E-state index in [1.165, 1.54) is 5.56 Å². The Balaban J connectivity index is 2.44. The molecule has 0 bridgehead atoms. The van der Waals surface area contributed by atoms with Crippen LogP contribution in [0.1, 0.15) is 26.3 Å². The molecular weight excluding hydrogens is 266 g/mol. The van der Waals surface area contributed by atoms with Crippen molar-refractivity contribution in [1.82, 2.24) is 5.32 Å². The van der Waals surface area contributed by atoms with E-state index in [9.17, 15) is 5.11 Å². The van der Waals surface area contributed by atoms with Crippen LogP contribution < -0.4 is 5.32 Å². The molecule has 1 aromatic rings. The van der Waals surface area contributed by atoms with Gasteiger partial charge >= 0.3 is 0 Å². The molecule has 0 aliphatic rings. The van der Waals surface area contributed by atoms with Gasteiger partial charge in [-0.3, -0.25) is 0 Å². The molecule has 0 saturated carbocycles. The van der Waals surface area contributed by atoms with E-state index in [0.29, 0.717) is 6.61 Å². The van der Waals surface area contributed by atoms with Crippen molar-refractivity contribution in [1.29, 1.82) is 0 Å². The minimum atomic E-state index is -1.74. The minimum absolute atomic E-state index is 0.00988. The van der Waals surface area contributed by atoms with E-state index in [4.69, 9.17) is 4.43 Å². The second-order valence-electron chi connectivity index (χ2n) is 6.82.